The summed E-state index contributed by atoms with van der Waals surface area (Å²) in [6.45, 7) is 4.06. The first kappa shape index (κ1) is 29.5. The molecule has 6 aromatic rings. The van der Waals surface area contributed by atoms with E-state index >= 15 is 0 Å². The summed E-state index contributed by atoms with van der Waals surface area (Å²) in [7, 11) is 0. The highest BCUT2D eigenvalue weighted by Crippen LogP contribution is 2.40. The van der Waals surface area contributed by atoms with E-state index in [1.165, 1.54) is 23.8 Å². The number of anilines is 2. The van der Waals surface area contributed by atoms with Crippen molar-refractivity contribution in [2.24, 2.45) is 0 Å². The second-order valence-electron chi connectivity index (χ2n) is 12.1. The number of benzene rings is 2. The molecular weight excluding hydrogens is 587 g/mol. The molecule has 0 unspecified atom stereocenters. The zero-order chi connectivity index (χ0) is 31.9. The van der Waals surface area contributed by atoms with E-state index in [0.717, 1.165) is 22.3 Å². The van der Waals surface area contributed by atoms with Gasteiger partial charge in [0.15, 0.2) is 11.3 Å². The van der Waals surface area contributed by atoms with Crippen molar-refractivity contribution in [3.63, 3.8) is 0 Å². The van der Waals surface area contributed by atoms with Crippen LogP contribution in [0.1, 0.15) is 60.2 Å². The Morgan fingerprint density at radius 1 is 0.804 bits per heavy atom. The summed E-state index contributed by atoms with van der Waals surface area (Å²) in [5, 5.41) is 20.2. The van der Waals surface area contributed by atoms with E-state index in [2.05, 4.69) is 50.2 Å². The number of halogens is 1. The topological polar surface area (TPSA) is 169 Å². The maximum atomic E-state index is 13.2. The number of aliphatic hydroxyl groups excluding tert-OH is 1. The normalized spacial score (nSPS) is 20.5. The lowest BCUT2D eigenvalue weighted by Crippen LogP contribution is -2.31. The first-order chi connectivity index (χ1) is 22.2. The predicted molar refractivity (Wildman–Crippen MR) is 172 cm³/mol. The Balaban J connectivity index is 0.000000147. The van der Waals surface area contributed by atoms with Crippen molar-refractivity contribution in [3.05, 3.63) is 83.6 Å². The summed E-state index contributed by atoms with van der Waals surface area (Å²) in [5.74, 6) is 1.78. The number of aromatic nitrogens is 8. The molecule has 0 saturated heterocycles. The lowest BCUT2D eigenvalue weighted by molar-refractivity contribution is 0.0449. The number of nitrogens with two attached hydrogens (primary N) is 2. The fourth-order valence-electron chi connectivity index (χ4n) is 6.02. The number of nitrogen functional groups attached to an aromatic ring is 2. The summed E-state index contributed by atoms with van der Waals surface area (Å²) in [6, 6.07) is 16.2. The van der Waals surface area contributed by atoms with Crippen LogP contribution < -0.4 is 16.2 Å². The van der Waals surface area contributed by atoms with E-state index in [9.17, 15) is 9.50 Å². The van der Waals surface area contributed by atoms with E-state index in [1.54, 1.807) is 4.68 Å². The van der Waals surface area contributed by atoms with Gasteiger partial charge < -0.3 is 21.3 Å². The second-order valence-corrected chi connectivity index (χ2v) is 12.1. The van der Waals surface area contributed by atoms with Crippen molar-refractivity contribution >= 4 is 33.7 Å². The smallest absolute Gasteiger partial charge is 0.251 e. The molecule has 4 aromatic heterocycles. The Morgan fingerprint density at radius 3 is 2.07 bits per heavy atom. The van der Waals surface area contributed by atoms with E-state index in [0.29, 0.717) is 66.4 Å². The molecule has 0 spiro atoms. The number of nitrogens with zero attached hydrogens (tertiary/aromatic N) is 8. The van der Waals surface area contributed by atoms with Crippen LogP contribution in [-0.4, -0.2) is 56.9 Å². The van der Waals surface area contributed by atoms with Gasteiger partial charge in [0, 0.05) is 19.3 Å². The molecule has 0 atom stereocenters. The van der Waals surface area contributed by atoms with Gasteiger partial charge in [-0.15, -0.1) is 5.10 Å². The standard InChI is InChI=1S/C17H19N5O.C16H16FN5O/c1-10-3-2-4-11(5-10)6-14-15-16(18)19-9-20-17(15)22(21-14)12-7-13(23)8-12;1-9-3-2-4-12(5-9)23-16-13-14(18)19-8-20-15(13)22(21-16)11-6-10(17)7-11/h2-5,9,12-13,23H,6-8H2,1H3,(H2,18,19,20);2-5,8,10-11H,6-7H2,1H3,(H2,18,19,20). The van der Waals surface area contributed by atoms with Crippen LogP contribution in [0.15, 0.2) is 61.2 Å². The Hall–Kier alpha value is -5.17. The largest absolute Gasteiger partial charge is 0.437 e. The van der Waals surface area contributed by atoms with Gasteiger partial charge in [0.25, 0.3) is 5.88 Å². The van der Waals surface area contributed by atoms with Crippen molar-refractivity contribution in [3.8, 4) is 11.6 Å². The highest BCUT2D eigenvalue weighted by atomic mass is 19.1. The highest BCUT2D eigenvalue weighted by Gasteiger charge is 2.34. The average molecular weight is 623 g/mol. The zero-order valence-corrected chi connectivity index (χ0v) is 25.6. The van der Waals surface area contributed by atoms with Crippen LogP contribution in [0.25, 0.3) is 22.1 Å². The number of aliphatic hydroxyl groups is 1. The van der Waals surface area contributed by atoms with Crippen molar-refractivity contribution in [2.45, 2.75) is 70.3 Å². The fraction of sp³-hybridized carbons (Fsp3) is 0.333. The van der Waals surface area contributed by atoms with Gasteiger partial charge in [0.2, 0.25) is 0 Å². The molecule has 5 N–H and O–H groups in total. The third-order valence-electron chi connectivity index (χ3n) is 8.57. The molecule has 0 aliphatic heterocycles. The van der Waals surface area contributed by atoms with Gasteiger partial charge >= 0.3 is 0 Å². The Morgan fingerprint density at radius 2 is 1.41 bits per heavy atom. The van der Waals surface area contributed by atoms with Gasteiger partial charge in [-0.05, 0) is 49.9 Å². The molecule has 2 aliphatic carbocycles. The zero-order valence-electron chi connectivity index (χ0n) is 25.6. The number of aryl methyl sites for hydroxylation is 2. The van der Waals surface area contributed by atoms with Crippen molar-refractivity contribution in [1.82, 2.24) is 39.5 Å². The summed E-state index contributed by atoms with van der Waals surface area (Å²) in [6.07, 6.45) is 4.83. The molecule has 2 saturated carbocycles. The number of hydrogen-bond acceptors (Lipinski definition) is 10. The van der Waals surface area contributed by atoms with Crippen LogP contribution in [0.5, 0.6) is 11.6 Å². The molecule has 8 rings (SSSR count). The second kappa shape index (κ2) is 12.0. The maximum Gasteiger partial charge on any atom is 0.251 e. The van der Waals surface area contributed by atoms with Gasteiger partial charge in [-0.3, -0.25) is 0 Å². The first-order valence-corrected chi connectivity index (χ1v) is 15.3. The molecular formula is C33H35FN10O2. The minimum absolute atomic E-state index is 0.0170. The molecule has 2 fully saturated rings. The number of alkyl halides is 1. The summed E-state index contributed by atoms with van der Waals surface area (Å²) >= 11 is 0. The molecule has 12 nitrogen and oxygen atoms in total. The van der Waals surface area contributed by atoms with Crippen LogP contribution in [0.4, 0.5) is 16.0 Å². The Bertz CT molecular complexity index is 1890. The van der Waals surface area contributed by atoms with Crippen LogP contribution in [0, 0.1) is 13.8 Å². The predicted octanol–water partition coefficient (Wildman–Crippen LogP) is 5.19. The van der Waals surface area contributed by atoms with Crippen molar-refractivity contribution < 1.29 is 14.2 Å². The molecule has 0 bridgehead atoms. The molecule has 236 valence electrons. The monoisotopic (exact) mass is 622 g/mol. The molecule has 0 amide bonds. The molecule has 0 radical (unpaired) electrons. The number of fused-ring (bicyclic) bond motifs is 2. The number of ether oxygens (including phenoxy) is 1. The molecule has 2 aromatic carbocycles. The quantitative estimate of drug-likeness (QED) is 0.225. The molecule has 2 aliphatic rings. The molecule has 4 heterocycles. The molecule has 46 heavy (non-hydrogen) atoms. The van der Waals surface area contributed by atoms with Crippen molar-refractivity contribution in [2.75, 3.05) is 11.5 Å². The lowest BCUT2D eigenvalue weighted by Gasteiger charge is -2.31. The summed E-state index contributed by atoms with van der Waals surface area (Å²) in [5.41, 5.74) is 17.8. The lowest BCUT2D eigenvalue weighted by atomic mass is 9.90. The minimum Gasteiger partial charge on any atom is -0.437 e. The van der Waals surface area contributed by atoms with Crippen LogP contribution in [0.3, 0.4) is 0 Å². The SMILES string of the molecule is Cc1cccc(Cc2nn(C3CC(O)C3)c3ncnc(N)c23)c1.Cc1cccc(Oc2nn(C3CC(F)C3)c3ncnc(N)c23)c1. The van der Waals surface area contributed by atoms with Crippen molar-refractivity contribution in [1.29, 1.82) is 0 Å². The third-order valence-corrected chi connectivity index (χ3v) is 8.57. The Labute approximate surface area is 264 Å². The van der Waals surface area contributed by atoms with Gasteiger partial charge in [-0.25, -0.2) is 33.7 Å². The fourth-order valence-corrected chi connectivity index (χ4v) is 6.02. The van der Waals surface area contributed by atoms with E-state index in [4.69, 9.17) is 21.3 Å². The minimum atomic E-state index is -0.778. The highest BCUT2D eigenvalue weighted by molar-refractivity contribution is 5.91. The number of rotatable bonds is 6. The van der Waals surface area contributed by atoms with E-state index in [1.807, 2.05) is 41.9 Å². The first-order valence-electron chi connectivity index (χ1n) is 15.3. The van der Waals surface area contributed by atoms with Crippen LogP contribution >= 0.6 is 0 Å². The van der Waals surface area contributed by atoms with Crippen LogP contribution in [-0.2, 0) is 6.42 Å². The number of hydrogen-bond donors (Lipinski definition) is 3. The van der Waals surface area contributed by atoms with Gasteiger partial charge in [0.05, 0.1) is 29.3 Å². The average Bonchev–Trinajstić information content (AvgIpc) is 3.54. The third kappa shape index (κ3) is 5.69. The Kier molecular flexibility index (Phi) is 7.69. The maximum absolute atomic E-state index is 13.2. The van der Waals surface area contributed by atoms with Crippen LogP contribution in [0.2, 0.25) is 0 Å². The van der Waals surface area contributed by atoms with Gasteiger partial charge in [-0.2, -0.15) is 5.10 Å². The van der Waals surface area contributed by atoms with Gasteiger partial charge in [0.1, 0.15) is 41.6 Å². The van der Waals surface area contributed by atoms with Gasteiger partial charge in [-0.1, -0.05) is 42.0 Å². The summed E-state index contributed by atoms with van der Waals surface area (Å²) in [4.78, 5) is 16.8. The summed E-state index contributed by atoms with van der Waals surface area (Å²) < 4.78 is 22.7. The van der Waals surface area contributed by atoms with E-state index < -0.39 is 6.17 Å². The molecule has 13 heteroatoms. The van der Waals surface area contributed by atoms with E-state index in [-0.39, 0.29) is 18.2 Å².